The second-order valence-electron chi connectivity index (χ2n) is 5.54. The average Bonchev–Trinajstić information content (AvgIpc) is 2.89. The quantitative estimate of drug-likeness (QED) is 0.915. The third-order valence-corrected chi connectivity index (χ3v) is 4.13. The molecule has 3 rings (SSSR count). The monoisotopic (exact) mass is 267 g/mol. The first kappa shape index (κ1) is 13.2. The van der Waals surface area contributed by atoms with Gasteiger partial charge in [-0.2, -0.15) is 0 Å². The average molecular weight is 267 g/mol. The summed E-state index contributed by atoms with van der Waals surface area (Å²) >= 11 is 0. The van der Waals surface area contributed by atoms with Crippen LogP contribution in [0.3, 0.4) is 0 Å². The van der Waals surface area contributed by atoms with Crippen molar-refractivity contribution in [3.05, 3.63) is 65.2 Å². The molecule has 0 aromatic heterocycles. The number of methoxy groups -OCH3 is 1. The van der Waals surface area contributed by atoms with Crippen LogP contribution < -0.4 is 10.1 Å². The first-order valence-electron chi connectivity index (χ1n) is 7.23. The van der Waals surface area contributed by atoms with Crippen LogP contribution in [0, 0.1) is 0 Å². The van der Waals surface area contributed by atoms with Crippen molar-refractivity contribution in [3.8, 4) is 5.75 Å². The number of rotatable bonds is 4. The van der Waals surface area contributed by atoms with E-state index in [0.717, 1.165) is 18.6 Å². The van der Waals surface area contributed by atoms with Gasteiger partial charge in [0.05, 0.1) is 7.11 Å². The maximum atomic E-state index is 5.30. The van der Waals surface area contributed by atoms with Crippen molar-refractivity contribution in [1.82, 2.24) is 5.32 Å². The minimum atomic E-state index is 0.337. The van der Waals surface area contributed by atoms with Crippen LogP contribution in [-0.4, -0.2) is 13.2 Å². The molecule has 1 aliphatic carbocycles. The summed E-state index contributed by atoms with van der Waals surface area (Å²) in [6.07, 6.45) is 2.26. The molecule has 2 aromatic rings. The van der Waals surface area contributed by atoms with Crippen LogP contribution in [0.4, 0.5) is 0 Å². The molecular weight excluding hydrogens is 246 g/mol. The van der Waals surface area contributed by atoms with Crippen molar-refractivity contribution in [3.63, 3.8) is 0 Å². The Kier molecular flexibility index (Phi) is 3.75. The zero-order valence-electron chi connectivity index (χ0n) is 12.1. The molecule has 104 valence electrons. The van der Waals surface area contributed by atoms with Crippen molar-refractivity contribution in [1.29, 1.82) is 0 Å². The minimum Gasteiger partial charge on any atom is -0.497 e. The Morgan fingerprint density at radius 3 is 2.40 bits per heavy atom. The van der Waals surface area contributed by atoms with Crippen LogP contribution in [0.15, 0.2) is 48.5 Å². The Labute approximate surface area is 120 Å². The Bertz CT molecular complexity index is 568. The summed E-state index contributed by atoms with van der Waals surface area (Å²) in [5.74, 6) is 0.922. The fourth-order valence-corrected chi connectivity index (χ4v) is 3.04. The predicted octanol–water partition coefficient (Wildman–Crippen LogP) is 3.51. The number of hydrogen-bond donors (Lipinski definition) is 1. The second-order valence-corrected chi connectivity index (χ2v) is 5.54. The molecule has 0 spiro atoms. The van der Waals surface area contributed by atoms with E-state index in [2.05, 4.69) is 54.7 Å². The predicted molar refractivity (Wildman–Crippen MR) is 82.2 cm³/mol. The molecule has 0 saturated heterocycles. The lowest BCUT2D eigenvalue weighted by molar-refractivity contribution is 0.411. The zero-order valence-corrected chi connectivity index (χ0v) is 12.1. The van der Waals surface area contributed by atoms with Gasteiger partial charge < -0.3 is 10.1 Å². The normalized spacial score (nSPS) is 15.9. The van der Waals surface area contributed by atoms with E-state index in [4.69, 9.17) is 4.74 Å². The van der Waals surface area contributed by atoms with E-state index in [1.54, 1.807) is 7.11 Å². The van der Waals surface area contributed by atoms with E-state index in [0.29, 0.717) is 12.1 Å². The van der Waals surface area contributed by atoms with Crippen LogP contribution in [0.1, 0.15) is 29.7 Å². The minimum absolute atomic E-state index is 0.337. The van der Waals surface area contributed by atoms with Gasteiger partial charge in [-0.25, -0.2) is 0 Å². The molecule has 1 N–H and O–H groups in total. The summed E-state index contributed by atoms with van der Waals surface area (Å²) in [6, 6.07) is 17.9. The van der Waals surface area contributed by atoms with Crippen molar-refractivity contribution in [2.75, 3.05) is 7.11 Å². The molecule has 0 fully saturated rings. The SMILES string of the molecule is COc1cccc([C@H](C)NC2Cc3ccccc3C2)c1. The summed E-state index contributed by atoms with van der Waals surface area (Å²) in [6.45, 7) is 2.22. The smallest absolute Gasteiger partial charge is 0.119 e. The zero-order chi connectivity index (χ0) is 13.9. The van der Waals surface area contributed by atoms with Gasteiger partial charge >= 0.3 is 0 Å². The fourth-order valence-electron chi connectivity index (χ4n) is 3.04. The number of nitrogens with one attached hydrogen (secondary N) is 1. The Morgan fingerprint density at radius 1 is 1.05 bits per heavy atom. The van der Waals surface area contributed by atoms with Crippen molar-refractivity contribution in [2.24, 2.45) is 0 Å². The molecule has 0 bridgehead atoms. The highest BCUT2D eigenvalue weighted by molar-refractivity contribution is 5.34. The third-order valence-electron chi connectivity index (χ3n) is 4.13. The topological polar surface area (TPSA) is 21.3 Å². The molecule has 0 aliphatic heterocycles. The second kappa shape index (κ2) is 5.68. The summed E-state index contributed by atoms with van der Waals surface area (Å²) in [7, 11) is 1.71. The molecule has 0 amide bonds. The van der Waals surface area contributed by atoms with Gasteiger partial charge in [-0.1, -0.05) is 36.4 Å². The van der Waals surface area contributed by atoms with Crippen LogP contribution in [-0.2, 0) is 12.8 Å². The highest BCUT2D eigenvalue weighted by atomic mass is 16.5. The maximum Gasteiger partial charge on any atom is 0.119 e. The number of ether oxygens (including phenoxy) is 1. The summed E-state index contributed by atoms with van der Waals surface area (Å²) < 4.78 is 5.30. The molecule has 1 aliphatic rings. The summed E-state index contributed by atoms with van der Waals surface area (Å²) in [4.78, 5) is 0. The molecule has 0 unspecified atom stereocenters. The van der Waals surface area contributed by atoms with Crippen LogP contribution in [0.25, 0.3) is 0 Å². The van der Waals surface area contributed by atoms with Gasteiger partial charge in [0.25, 0.3) is 0 Å². The van der Waals surface area contributed by atoms with E-state index < -0.39 is 0 Å². The summed E-state index contributed by atoms with van der Waals surface area (Å²) in [5, 5.41) is 3.74. The molecule has 1 atom stereocenters. The molecule has 20 heavy (non-hydrogen) atoms. The Balaban J connectivity index is 1.67. The molecule has 0 saturated carbocycles. The molecule has 0 heterocycles. The largest absolute Gasteiger partial charge is 0.497 e. The lowest BCUT2D eigenvalue weighted by Crippen LogP contribution is -2.32. The lowest BCUT2D eigenvalue weighted by atomic mass is 10.1. The Morgan fingerprint density at radius 2 is 1.75 bits per heavy atom. The first-order chi connectivity index (χ1) is 9.76. The number of fused-ring (bicyclic) bond motifs is 1. The highest BCUT2D eigenvalue weighted by Gasteiger charge is 2.22. The third kappa shape index (κ3) is 2.70. The Hall–Kier alpha value is -1.80. The fraction of sp³-hybridized carbons (Fsp3) is 0.333. The van der Waals surface area contributed by atoms with Gasteiger partial charge in [0.1, 0.15) is 5.75 Å². The van der Waals surface area contributed by atoms with Gasteiger partial charge in [-0.3, -0.25) is 0 Å². The van der Waals surface area contributed by atoms with E-state index in [-0.39, 0.29) is 0 Å². The first-order valence-corrected chi connectivity index (χ1v) is 7.23. The lowest BCUT2D eigenvalue weighted by Gasteiger charge is -2.20. The van der Waals surface area contributed by atoms with Crippen molar-refractivity contribution >= 4 is 0 Å². The number of hydrogen-bond acceptors (Lipinski definition) is 2. The molecule has 2 nitrogen and oxygen atoms in total. The van der Waals surface area contributed by atoms with E-state index in [1.807, 2.05) is 6.07 Å². The number of benzene rings is 2. The molecular formula is C18H21NO. The van der Waals surface area contributed by atoms with Crippen LogP contribution >= 0.6 is 0 Å². The van der Waals surface area contributed by atoms with Gasteiger partial charge in [0.2, 0.25) is 0 Å². The van der Waals surface area contributed by atoms with Crippen LogP contribution in [0.5, 0.6) is 5.75 Å². The highest BCUT2D eigenvalue weighted by Crippen LogP contribution is 2.25. The molecule has 2 aromatic carbocycles. The summed E-state index contributed by atoms with van der Waals surface area (Å²) in [5.41, 5.74) is 4.26. The van der Waals surface area contributed by atoms with E-state index >= 15 is 0 Å². The van der Waals surface area contributed by atoms with Gasteiger partial charge in [0, 0.05) is 12.1 Å². The molecule has 2 heteroatoms. The van der Waals surface area contributed by atoms with Gasteiger partial charge in [-0.05, 0) is 48.6 Å². The van der Waals surface area contributed by atoms with Gasteiger partial charge in [0.15, 0.2) is 0 Å². The maximum absolute atomic E-state index is 5.30. The van der Waals surface area contributed by atoms with Gasteiger partial charge in [-0.15, -0.1) is 0 Å². The van der Waals surface area contributed by atoms with Crippen molar-refractivity contribution in [2.45, 2.75) is 31.8 Å². The standard InChI is InChI=1S/C18H21NO/c1-13(14-8-5-9-18(12-14)20-2)19-17-10-15-6-3-4-7-16(15)11-17/h3-9,12-13,17,19H,10-11H2,1-2H3/t13-/m0/s1. The van der Waals surface area contributed by atoms with Crippen LogP contribution in [0.2, 0.25) is 0 Å². The van der Waals surface area contributed by atoms with Crippen molar-refractivity contribution < 1.29 is 4.74 Å². The van der Waals surface area contributed by atoms with E-state index in [9.17, 15) is 0 Å². The molecule has 0 radical (unpaired) electrons. The van der Waals surface area contributed by atoms with E-state index in [1.165, 1.54) is 16.7 Å².